The highest BCUT2D eigenvalue weighted by molar-refractivity contribution is 5.95. The molecule has 1 aromatic heterocycles. The van der Waals surface area contributed by atoms with E-state index in [-0.39, 0.29) is 12.6 Å². The molecule has 1 N–H and O–H groups in total. The third kappa shape index (κ3) is 1.57. The van der Waals surface area contributed by atoms with Crippen molar-refractivity contribution in [1.82, 2.24) is 4.57 Å². The molecule has 0 fully saturated rings. The van der Waals surface area contributed by atoms with Gasteiger partial charge in [-0.1, -0.05) is 0 Å². The predicted molar refractivity (Wildman–Crippen MR) is 60.2 cm³/mol. The highest BCUT2D eigenvalue weighted by Gasteiger charge is 2.09. The van der Waals surface area contributed by atoms with Gasteiger partial charge in [0.15, 0.2) is 0 Å². The third-order valence-electron chi connectivity index (χ3n) is 2.72. The van der Waals surface area contributed by atoms with Gasteiger partial charge in [0.25, 0.3) is 0 Å². The predicted octanol–water partition coefficient (Wildman–Crippen LogP) is 1.46. The van der Waals surface area contributed by atoms with Gasteiger partial charge in [-0.3, -0.25) is 0 Å². The van der Waals surface area contributed by atoms with Crippen LogP contribution in [0, 0.1) is 0 Å². The molecule has 4 nitrogen and oxygen atoms in total. The molecule has 0 saturated carbocycles. The van der Waals surface area contributed by atoms with Crippen LogP contribution in [0.3, 0.4) is 0 Å². The molecule has 2 aromatic rings. The van der Waals surface area contributed by atoms with Gasteiger partial charge < -0.3 is 14.4 Å². The number of aryl methyl sites for hydroxylation is 1. The molecule has 1 aromatic carbocycles. The number of nitrogens with zero attached hydrogens (tertiary/aromatic N) is 1. The Balaban J connectivity index is 2.59. The van der Waals surface area contributed by atoms with Crippen molar-refractivity contribution in [1.29, 1.82) is 0 Å². The summed E-state index contributed by atoms with van der Waals surface area (Å²) in [5.41, 5.74) is 2.32. The smallest absolute Gasteiger partial charge is 0.337 e. The number of aliphatic hydroxyl groups excluding tert-OH is 1. The molecule has 0 aliphatic heterocycles. The lowest BCUT2D eigenvalue weighted by Gasteiger charge is -2.01. The Bertz CT molecular complexity index is 542. The molecule has 0 atom stereocenters. The van der Waals surface area contributed by atoms with Crippen LogP contribution in [0.1, 0.15) is 16.1 Å². The summed E-state index contributed by atoms with van der Waals surface area (Å²) in [6.45, 7) is -0.0151. The van der Waals surface area contributed by atoms with Crippen molar-refractivity contribution in [3.63, 3.8) is 0 Å². The van der Waals surface area contributed by atoms with Gasteiger partial charge in [-0.25, -0.2) is 4.79 Å². The molecule has 0 radical (unpaired) electrons. The zero-order valence-corrected chi connectivity index (χ0v) is 9.23. The average molecular weight is 219 g/mol. The number of methoxy groups -OCH3 is 1. The van der Waals surface area contributed by atoms with Gasteiger partial charge in [-0.15, -0.1) is 0 Å². The standard InChI is InChI=1S/C12H13NO3/c1-13-10(7-14)6-9-5-8(12(15)16-2)3-4-11(9)13/h3-6,14H,7H2,1-2H3. The Labute approximate surface area is 93.1 Å². The summed E-state index contributed by atoms with van der Waals surface area (Å²) in [5.74, 6) is -0.351. The second-order valence-electron chi connectivity index (χ2n) is 3.62. The molecule has 1 heterocycles. The van der Waals surface area contributed by atoms with Gasteiger partial charge in [0.1, 0.15) is 0 Å². The van der Waals surface area contributed by atoms with Crippen LogP contribution in [-0.4, -0.2) is 22.8 Å². The van der Waals surface area contributed by atoms with E-state index in [2.05, 4.69) is 4.74 Å². The number of carbonyl (C=O) groups is 1. The molecule has 0 spiro atoms. The summed E-state index contributed by atoms with van der Waals surface area (Å²) in [6, 6.07) is 7.19. The number of esters is 1. The van der Waals surface area contributed by atoms with Crippen LogP contribution in [0.25, 0.3) is 10.9 Å². The van der Waals surface area contributed by atoms with E-state index in [0.29, 0.717) is 5.56 Å². The van der Waals surface area contributed by atoms with Gasteiger partial charge >= 0.3 is 5.97 Å². The minimum Gasteiger partial charge on any atom is -0.465 e. The van der Waals surface area contributed by atoms with E-state index in [1.54, 1.807) is 12.1 Å². The largest absolute Gasteiger partial charge is 0.465 e. The van der Waals surface area contributed by atoms with E-state index < -0.39 is 0 Å². The molecule has 0 aliphatic rings. The topological polar surface area (TPSA) is 51.5 Å². The number of hydrogen-bond acceptors (Lipinski definition) is 3. The zero-order chi connectivity index (χ0) is 11.7. The van der Waals surface area contributed by atoms with E-state index >= 15 is 0 Å². The van der Waals surface area contributed by atoms with Gasteiger partial charge in [0.2, 0.25) is 0 Å². The fraction of sp³-hybridized carbons (Fsp3) is 0.250. The molecule has 0 saturated heterocycles. The first-order chi connectivity index (χ1) is 7.67. The highest BCUT2D eigenvalue weighted by atomic mass is 16.5. The number of ether oxygens (including phenoxy) is 1. The van der Waals surface area contributed by atoms with Gasteiger partial charge in [0.05, 0.1) is 19.3 Å². The Hall–Kier alpha value is -1.81. The molecule has 0 aliphatic carbocycles. The van der Waals surface area contributed by atoms with E-state index in [4.69, 9.17) is 5.11 Å². The van der Waals surface area contributed by atoms with Crippen molar-refractivity contribution in [2.45, 2.75) is 6.61 Å². The summed E-state index contributed by atoms with van der Waals surface area (Å²) in [4.78, 5) is 11.3. The summed E-state index contributed by atoms with van der Waals surface area (Å²) in [5, 5.41) is 10.1. The molecule has 0 unspecified atom stereocenters. The maximum atomic E-state index is 11.3. The van der Waals surface area contributed by atoms with E-state index in [1.807, 2.05) is 23.7 Å². The summed E-state index contributed by atoms with van der Waals surface area (Å²) in [7, 11) is 3.24. The van der Waals surface area contributed by atoms with Crippen molar-refractivity contribution >= 4 is 16.9 Å². The van der Waals surface area contributed by atoms with E-state index in [9.17, 15) is 4.79 Å². The van der Waals surface area contributed by atoms with Crippen LogP contribution >= 0.6 is 0 Å². The lowest BCUT2D eigenvalue weighted by Crippen LogP contribution is -2.00. The Kier molecular flexibility index (Phi) is 2.66. The molecule has 84 valence electrons. The van der Waals surface area contributed by atoms with Crippen molar-refractivity contribution in [2.24, 2.45) is 7.05 Å². The van der Waals surface area contributed by atoms with Crippen LogP contribution in [0.5, 0.6) is 0 Å². The van der Waals surface area contributed by atoms with Crippen LogP contribution in [-0.2, 0) is 18.4 Å². The second-order valence-corrected chi connectivity index (χ2v) is 3.62. The molecule has 0 bridgehead atoms. The minimum atomic E-state index is -0.351. The molecular formula is C12H13NO3. The monoisotopic (exact) mass is 219 g/mol. The maximum absolute atomic E-state index is 11.3. The van der Waals surface area contributed by atoms with Crippen LogP contribution < -0.4 is 0 Å². The van der Waals surface area contributed by atoms with Crippen molar-refractivity contribution in [3.05, 3.63) is 35.5 Å². The molecule has 0 amide bonds. The summed E-state index contributed by atoms with van der Waals surface area (Å²) >= 11 is 0. The first kappa shape index (κ1) is 10.7. The number of rotatable bonds is 2. The number of carbonyl (C=O) groups excluding carboxylic acids is 1. The number of aromatic nitrogens is 1. The molecular weight excluding hydrogens is 206 g/mol. The normalized spacial score (nSPS) is 10.7. The average Bonchev–Trinajstić information content (AvgIpc) is 2.64. The summed E-state index contributed by atoms with van der Waals surface area (Å²) < 4.78 is 6.55. The first-order valence-electron chi connectivity index (χ1n) is 4.95. The molecule has 16 heavy (non-hydrogen) atoms. The number of benzene rings is 1. The number of hydrogen-bond donors (Lipinski definition) is 1. The van der Waals surface area contributed by atoms with E-state index in [1.165, 1.54) is 7.11 Å². The van der Waals surface area contributed by atoms with E-state index in [0.717, 1.165) is 16.6 Å². The lowest BCUT2D eigenvalue weighted by molar-refractivity contribution is 0.0601. The quantitative estimate of drug-likeness (QED) is 0.778. The maximum Gasteiger partial charge on any atom is 0.337 e. The van der Waals surface area contributed by atoms with Crippen LogP contribution in [0.15, 0.2) is 24.3 Å². The SMILES string of the molecule is COC(=O)c1ccc2c(c1)cc(CO)n2C. The van der Waals surface area contributed by atoms with Crippen LogP contribution in [0.4, 0.5) is 0 Å². The Morgan fingerprint density at radius 3 is 2.81 bits per heavy atom. The van der Waals surface area contributed by atoms with Crippen molar-refractivity contribution < 1.29 is 14.6 Å². The summed E-state index contributed by atoms with van der Waals surface area (Å²) in [6.07, 6.45) is 0. The Morgan fingerprint density at radius 1 is 1.44 bits per heavy atom. The lowest BCUT2D eigenvalue weighted by atomic mass is 10.1. The third-order valence-corrected chi connectivity index (χ3v) is 2.72. The molecule has 2 rings (SSSR count). The fourth-order valence-corrected chi connectivity index (χ4v) is 1.80. The van der Waals surface area contributed by atoms with Gasteiger partial charge in [0, 0.05) is 23.6 Å². The molecule has 4 heteroatoms. The van der Waals surface area contributed by atoms with Crippen LogP contribution in [0.2, 0.25) is 0 Å². The highest BCUT2D eigenvalue weighted by Crippen LogP contribution is 2.20. The Morgan fingerprint density at radius 2 is 2.19 bits per heavy atom. The first-order valence-corrected chi connectivity index (χ1v) is 4.95. The fourth-order valence-electron chi connectivity index (χ4n) is 1.80. The van der Waals surface area contributed by atoms with Crippen molar-refractivity contribution in [2.75, 3.05) is 7.11 Å². The number of fused-ring (bicyclic) bond motifs is 1. The van der Waals surface area contributed by atoms with Gasteiger partial charge in [-0.2, -0.15) is 0 Å². The number of aliphatic hydroxyl groups is 1. The minimum absolute atomic E-state index is 0.0151. The zero-order valence-electron chi connectivity index (χ0n) is 9.23. The second kappa shape index (κ2) is 3.98. The van der Waals surface area contributed by atoms with Crippen molar-refractivity contribution in [3.8, 4) is 0 Å². The van der Waals surface area contributed by atoms with Gasteiger partial charge in [-0.05, 0) is 24.3 Å².